The summed E-state index contributed by atoms with van der Waals surface area (Å²) in [6, 6.07) is 0.650. The highest BCUT2D eigenvalue weighted by Gasteiger charge is 2.32. The van der Waals surface area contributed by atoms with Crippen molar-refractivity contribution in [2.75, 3.05) is 26.4 Å². The standard InChI is InChI=1S/C13H28O4Si2/c1-7-14-18(5,15-8-2)12-11-13-19(6,16-9-3)17-10-4/h7-10,12H2,1-6H3. The average Bonchev–Trinajstić information content (AvgIpc) is 2.29. The predicted molar refractivity (Wildman–Crippen MR) is 82.3 cm³/mol. The zero-order valence-electron chi connectivity index (χ0n) is 13.2. The summed E-state index contributed by atoms with van der Waals surface area (Å²) in [6.07, 6.45) is 0. The molecule has 0 aliphatic carbocycles. The molecule has 0 rings (SSSR count). The van der Waals surface area contributed by atoms with Crippen LogP contribution in [0.1, 0.15) is 27.7 Å². The van der Waals surface area contributed by atoms with Crippen molar-refractivity contribution in [3.63, 3.8) is 0 Å². The predicted octanol–water partition coefficient (Wildman–Crippen LogP) is 2.82. The smallest absolute Gasteiger partial charge is 0.394 e. The Balaban J connectivity index is 4.67. The highest BCUT2D eigenvalue weighted by atomic mass is 28.4. The first kappa shape index (κ1) is 18.8. The molecule has 0 aromatic carbocycles. The van der Waals surface area contributed by atoms with Crippen LogP contribution in [-0.4, -0.2) is 43.5 Å². The summed E-state index contributed by atoms with van der Waals surface area (Å²) in [4.78, 5) is 0. The van der Waals surface area contributed by atoms with Gasteiger partial charge in [-0.05, 0) is 40.8 Å². The van der Waals surface area contributed by atoms with E-state index < -0.39 is 17.1 Å². The van der Waals surface area contributed by atoms with Crippen LogP contribution in [0.4, 0.5) is 0 Å². The van der Waals surface area contributed by atoms with Gasteiger partial charge in [-0.1, -0.05) is 5.54 Å². The lowest BCUT2D eigenvalue weighted by Crippen LogP contribution is -2.39. The number of hydrogen-bond acceptors (Lipinski definition) is 4. The first-order valence-electron chi connectivity index (χ1n) is 7.01. The van der Waals surface area contributed by atoms with Crippen LogP contribution in [0.15, 0.2) is 0 Å². The van der Waals surface area contributed by atoms with Crippen LogP contribution >= 0.6 is 0 Å². The Morgan fingerprint density at radius 1 is 0.737 bits per heavy atom. The molecule has 0 aliphatic heterocycles. The highest BCUT2D eigenvalue weighted by molar-refractivity contribution is 6.75. The largest absolute Gasteiger partial charge is 0.420 e. The van der Waals surface area contributed by atoms with Crippen molar-refractivity contribution in [2.24, 2.45) is 0 Å². The lowest BCUT2D eigenvalue weighted by atomic mass is 10.8. The van der Waals surface area contributed by atoms with E-state index in [1.165, 1.54) is 0 Å². The molecule has 0 heterocycles. The molecule has 0 aromatic heterocycles. The van der Waals surface area contributed by atoms with E-state index in [0.717, 1.165) is 0 Å². The van der Waals surface area contributed by atoms with E-state index in [1.54, 1.807) is 0 Å². The van der Waals surface area contributed by atoms with E-state index in [9.17, 15) is 0 Å². The van der Waals surface area contributed by atoms with E-state index in [0.29, 0.717) is 32.5 Å². The fourth-order valence-electron chi connectivity index (χ4n) is 1.78. The maximum absolute atomic E-state index is 5.75. The molecule has 4 nitrogen and oxygen atoms in total. The third kappa shape index (κ3) is 7.87. The molecular weight excluding hydrogens is 276 g/mol. The van der Waals surface area contributed by atoms with Crippen molar-refractivity contribution in [1.82, 2.24) is 0 Å². The first-order valence-corrected chi connectivity index (χ1v) is 11.8. The van der Waals surface area contributed by atoms with E-state index in [4.69, 9.17) is 17.7 Å². The fraction of sp³-hybridized carbons (Fsp3) is 0.846. The van der Waals surface area contributed by atoms with Crippen molar-refractivity contribution in [3.05, 3.63) is 0 Å². The van der Waals surface area contributed by atoms with Gasteiger partial charge in [0.25, 0.3) is 0 Å². The average molecular weight is 305 g/mol. The summed E-state index contributed by atoms with van der Waals surface area (Å²) in [5.74, 6) is 3.18. The van der Waals surface area contributed by atoms with Crippen molar-refractivity contribution >= 4 is 17.1 Å². The maximum Gasteiger partial charge on any atom is 0.420 e. The molecule has 0 unspecified atom stereocenters. The second-order valence-corrected chi connectivity index (χ2v) is 10.2. The molecule has 0 saturated carbocycles. The van der Waals surface area contributed by atoms with Gasteiger partial charge in [0, 0.05) is 26.4 Å². The van der Waals surface area contributed by atoms with E-state index >= 15 is 0 Å². The van der Waals surface area contributed by atoms with Gasteiger partial charge in [-0.15, -0.1) is 5.92 Å². The van der Waals surface area contributed by atoms with Crippen LogP contribution in [-0.2, 0) is 17.7 Å². The Labute approximate surface area is 120 Å². The van der Waals surface area contributed by atoms with Gasteiger partial charge < -0.3 is 17.7 Å². The molecule has 0 saturated heterocycles. The van der Waals surface area contributed by atoms with Gasteiger partial charge in [-0.3, -0.25) is 0 Å². The van der Waals surface area contributed by atoms with Gasteiger partial charge in [-0.25, -0.2) is 0 Å². The van der Waals surface area contributed by atoms with Crippen molar-refractivity contribution in [2.45, 2.75) is 46.8 Å². The minimum atomic E-state index is -2.35. The van der Waals surface area contributed by atoms with Gasteiger partial charge in [0.05, 0.1) is 6.04 Å². The van der Waals surface area contributed by atoms with E-state index in [-0.39, 0.29) is 0 Å². The molecule has 0 aromatic rings. The molecule has 0 aliphatic rings. The number of rotatable bonds is 9. The minimum absolute atomic E-state index is 0.628. The molecule has 0 spiro atoms. The van der Waals surface area contributed by atoms with Crippen molar-refractivity contribution in [3.8, 4) is 11.5 Å². The Hall–Kier alpha value is -0.166. The summed E-state index contributed by atoms with van der Waals surface area (Å²) in [5, 5.41) is 0. The monoisotopic (exact) mass is 304 g/mol. The van der Waals surface area contributed by atoms with Crippen LogP contribution < -0.4 is 0 Å². The van der Waals surface area contributed by atoms with Gasteiger partial charge in [0.2, 0.25) is 0 Å². The van der Waals surface area contributed by atoms with E-state index in [1.807, 2.05) is 34.2 Å². The zero-order chi connectivity index (χ0) is 14.8. The van der Waals surface area contributed by atoms with E-state index in [2.05, 4.69) is 18.0 Å². The minimum Gasteiger partial charge on any atom is -0.394 e. The third-order valence-electron chi connectivity index (χ3n) is 2.46. The highest BCUT2D eigenvalue weighted by Crippen LogP contribution is 2.13. The Bertz CT molecular complexity index is 287. The topological polar surface area (TPSA) is 36.9 Å². The maximum atomic E-state index is 5.75. The third-order valence-corrected chi connectivity index (χ3v) is 7.39. The van der Waals surface area contributed by atoms with Gasteiger partial charge >= 0.3 is 17.1 Å². The summed E-state index contributed by atoms with van der Waals surface area (Å²) < 4.78 is 22.9. The van der Waals surface area contributed by atoms with Crippen LogP contribution in [0.3, 0.4) is 0 Å². The van der Waals surface area contributed by atoms with Gasteiger partial charge in [0.15, 0.2) is 0 Å². The molecule has 6 heteroatoms. The van der Waals surface area contributed by atoms with Crippen LogP contribution in [0, 0.1) is 11.5 Å². The normalized spacial score (nSPS) is 12.1. The van der Waals surface area contributed by atoms with Crippen LogP contribution in [0.5, 0.6) is 0 Å². The zero-order valence-corrected chi connectivity index (χ0v) is 15.2. The summed E-state index contributed by atoms with van der Waals surface area (Å²) >= 11 is 0. The van der Waals surface area contributed by atoms with Gasteiger partial charge in [0.1, 0.15) is 0 Å². The molecule has 0 atom stereocenters. The lowest BCUT2D eigenvalue weighted by Gasteiger charge is -2.24. The summed E-state index contributed by atoms with van der Waals surface area (Å²) in [7, 11) is -4.50. The molecule has 19 heavy (non-hydrogen) atoms. The van der Waals surface area contributed by atoms with Gasteiger partial charge in [-0.2, -0.15) is 0 Å². The van der Waals surface area contributed by atoms with Crippen molar-refractivity contribution in [1.29, 1.82) is 0 Å². The molecule has 0 amide bonds. The fourth-order valence-corrected chi connectivity index (χ4v) is 5.62. The van der Waals surface area contributed by atoms with Crippen LogP contribution in [0.2, 0.25) is 19.1 Å². The summed E-state index contributed by atoms with van der Waals surface area (Å²) in [5.41, 5.74) is 3.19. The second-order valence-electron chi connectivity index (χ2n) is 4.29. The molecule has 0 N–H and O–H groups in total. The van der Waals surface area contributed by atoms with Crippen LogP contribution in [0.25, 0.3) is 0 Å². The SMILES string of the molecule is CCO[Si](C)(C#CC[Si](C)(OCC)OCC)OCC. The van der Waals surface area contributed by atoms with Crippen molar-refractivity contribution < 1.29 is 17.7 Å². The molecular formula is C13H28O4Si2. The molecule has 0 bridgehead atoms. The Kier molecular flexibility index (Phi) is 9.61. The molecule has 0 radical (unpaired) electrons. The Morgan fingerprint density at radius 2 is 1.16 bits per heavy atom. The quantitative estimate of drug-likeness (QED) is 0.485. The molecule has 0 fully saturated rings. The second kappa shape index (κ2) is 9.69. The number of hydrogen-bond donors (Lipinski definition) is 0. The lowest BCUT2D eigenvalue weighted by molar-refractivity contribution is 0.192. The molecule has 112 valence electrons. The Morgan fingerprint density at radius 3 is 1.53 bits per heavy atom. The first-order chi connectivity index (χ1) is 8.95. The summed E-state index contributed by atoms with van der Waals surface area (Å²) in [6.45, 7) is 14.5.